The molecule has 0 rings (SSSR count). The molecule has 0 saturated heterocycles. The molecule has 0 radical (unpaired) electrons. The van der Waals surface area contributed by atoms with Gasteiger partial charge in [-0.2, -0.15) is 0 Å². The van der Waals surface area contributed by atoms with Crippen LogP contribution in [0, 0.1) is 5.41 Å². The topological polar surface area (TPSA) is 86.7 Å². The van der Waals surface area contributed by atoms with E-state index in [-0.39, 0.29) is 17.9 Å². The Morgan fingerprint density at radius 3 is 2.17 bits per heavy atom. The number of nitrogens with zero attached hydrogens (tertiary/aromatic N) is 1. The van der Waals surface area contributed by atoms with Gasteiger partial charge in [0.05, 0.1) is 0 Å². The number of carbonyl (C=O) groups is 3. The number of rotatable bonds is 5. The molecule has 1 atom stereocenters. The highest BCUT2D eigenvalue weighted by Gasteiger charge is 2.23. The zero-order valence-electron chi connectivity index (χ0n) is 11.6. The van der Waals surface area contributed by atoms with E-state index in [0.717, 1.165) is 4.90 Å². The van der Waals surface area contributed by atoms with Crippen LogP contribution < -0.4 is 5.32 Å². The van der Waals surface area contributed by atoms with Crippen molar-refractivity contribution in [1.29, 1.82) is 0 Å². The minimum Gasteiger partial charge on any atom is -0.480 e. The lowest BCUT2D eigenvalue weighted by Crippen LogP contribution is -2.47. The highest BCUT2D eigenvalue weighted by Crippen LogP contribution is 2.17. The van der Waals surface area contributed by atoms with Crippen molar-refractivity contribution >= 4 is 17.8 Å². The molecule has 0 aliphatic carbocycles. The van der Waals surface area contributed by atoms with Crippen LogP contribution in [0.1, 0.15) is 34.1 Å². The highest BCUT2D eigenvalue weighted by molar-refractivity contribution is 5.89. The monoisotopic (exact) mass is 258 g/mol. The van der Waals surface area contributed by atoms with Crippen molar-refractivity contribution in [3.05, 3.63) is 0 Å². The van der Waals surface area contributed by atoms with Gasteiger partial charge < -0.3 is 15.3 Å². The Bertz CT molecular complexity index is 333. The molecule has 104 valence electrons. The molecule has 0 heterocycles. The Balaban J connectivity index is 4.32. The van der Waals surface area contributed by atoms with Gasteiger partial charge in [0, 0.05) is 13.5 Å². The van der Waals surface area contributed by atoms with Crippen LogP contribution in [0.3, 0.4) is 0 Å². The van der Waals surface area contributed by atoms with E-state index < -0.39 is 17.9 Å². The van der Waals surface area contributed by atoms with Gasteiger partial charge in [-0.1, -0.05) is 20.8 Å². The van der Waals surface area contributed by atoms with Crippen LogP contribution in [-0.4, -0.2) is 47.4 Å². The van der Waals surface area contributed by atoms with Crippen molar-refractivity contribution in [3.63, 3.8) is 0 Å². The van der Waals surface area contributed by atoms with Crippen molar-refractivity contribution in [2.45, 2.75) is 40.2 Å². The van der Waals surface area contributed by atoms with Gasteiger partial charge in [0.1, 0.15) is 12.6 Å². The predicted molar refractivity (Wildman–Crippen MR) is 66.9 cm³/mol. The standard InChI is InChI=1S/C12H22N2O4/c1-8(11(18)14(5)7-10(16)17)13-9(15)6-12(2,3)4/h8H,6-7H2,1-5H3,(H,13,15)(H,16,17). The van der Waals surface area contributed by atoms with Gasteiger partial charge in [-0.3, -0.25) is 14.4 Å². The zero-order valence-corrected chi connectivity index (χ0v) is 11.6. The number of nitrogens with one attached hydrogen (secondary N) is 1. The first-order chi connectivity index (χ1) is 8.03. The Kier molecular flexibility index (Phi) is 5.81. The normalized spacial score (nSPS) is 12.7. The number of carbonyl (C=O) groups excluding carboxylic acids is 2. The average Bonchev–Trinajstić information content (AvgIpc) is 2.11. The van der Waals surface area contributed by atoms with E-state index in [9.17, 15) is 14.4 Å². The van der Waals surface area contributed by atoms with Crippen LogP contribution in [0.25, 0.3) is 0 Å². The molecule has 2 amide bonds. The summed E-state index contributed by atoms with van der Waals surface area (Å²) in [5, 5.41) is 11.1. The molecule has 0 spiro atoms. The van der Waals surface area contributed by atoms with Crippen molar-refractivity contribution in [2.75, 3.05) is 13.6 Å². The quantitative estimate of drug-likeness (QED) is 0.750. The summed E-state index contributed by atoms with van der Waals surface area (Å²) in [6.45, 7) is 6.94. The second kappa shape index (κ2) is 6.37. The summed E-state index contributed by atoms with van der Waals surface area (Å²) in [6.07, 6.45) is 0.313. The van der Waals surface area contributed by atoms with E-state index in [1.807, 2.05) is 20.8 Å². The second-order valence-corrected chi connectivity index (χ2v) is 5.61. The third-order valence-corrected chi connectivity index (χ3v) is 2.19. The van der Waals surface area contributed by atoms with Crippen molar-refractivity contribution in [1.82, 2.24) is 10.2 Å². The number of hydrogen-bond acceptors (Lipinski definition) is 3. The average molecular weight is 258 g/mol. The first-order valence-corrected chi connectivity index (χ1v) is 5.79. The summed E-state index contributed by atoms with van der Waals surface area (Å²) < 4.78 is 0. The lowest BCUT2D eigenvalue weighted by molar-refractivity contribution is -0.144. The fourth-order valence-electron chi connectivity index (χ4n) is 1.45. The number of carboxylic acid groups (broad SMARTS) is 1. The largest absolute Gasteiger partial charge is 0.480 e. The van der Waals surface area contributed by atoms with E-state index in [2.05, 4.69) is 5.32 Å². The van der Waals surface area contributed by atoms with Gasteiger partial charge in [0.15, 0.2) is 0 Å². The SMILES string of the molecule is CC(NC(=O)CC(C)(C)C)C(=O)N(C)CC(=O)O. The fraction of sp³-hybridized carbons (Fsp3) is 0.750. The molecule has 0 aliphatic rings. The van der Waals surface area contributed by atoms with Crippen LogP contribution in [0.2, 0.25) is 0 Å². The smallest absolute Gasteiger partial charge is 0.323 e. The summed E-state index contributed by atoms with van der Waals surface area (Å²) in [5.74, 6) is -1.72. The second-order valence-electron chi connectivity index (χ2n) is 5.61. The predicted octanol–water partition coefficient (Wildman–Crippen LogP) is 0.470. The van der Waals surface area contributed by atoms with Gasteiger partial charge >= 0.3 is 5.97 Å². The molecular weight excluding hydrogens is 236 g/mol. The maximum Gasteiger partial charge on any atom is 0.323 e. The van der Waals surface area contributed by atoms with Crippen molar-refractivity contribution in [3.8, 4) is 0 Å². The number of aliphatic carboxylic acids is 1. The first-order valence-electron chi connectivity index (χ1n) is 5.79. The Morgan fingerprint density at radius 2 is 1.78 bits per heavy atom. The summed E-state index contributed by atoms with van der Waals surface area (Å²) >= 11 is 0. The van der Waals surface area contributed by atoms with Gasteiger partial charge in [-0.15, -0.1) is 0 Å². The van der Waals surface area contributed by atoms with Gasteiger partial charge in [0.2, 0.25) is 11.8 Å². The van der Waals surface area contributed by atoms with E-state index in [1.165, 1.54) is 7.05 Å². The molecule has 0 bridgehead atoms. The van der Waals surface area contributed by atoms with Gasteiger partial charge in [0.25, 0.3) is 0 Å². The fourth-order valence-corrected chi connectivity index (χ4v) is 1.45. The lowest BCUT2D eigenvalue weighted by Gasteiger charge is -2.22. The molecule has 0 saturated carbocycles. The molecule has 0 aromatic carbocycles. The number of amides is 2. The van der Waals surface area contributed by atoms with Gasteiger partial charge in [-0.25, -0.2) is 0 Å². The van der Waals surface area contributed by atoms with Gasteiger partial charge in [-0.05, 0) is 12.3 Å². The van der Waals surface area contributed by atoms with E-state index in [4.69, 9.17) is 5.11 Å². The zero-order chi connectivity index (χ0) is 14.5. The number of carboxylic acids is 1. The van der Waals surface area contributed by atoms with Crippen LogP contribution in [0.4, 0.5) is 0 Å². The maximum atomic E-state index is 11.7. The first kappa shape index (κ1) is 16.4. The lowest BCUT2D eigenvalue weighted by atomic mass is 9.92. The van der Waals surface area contributed by atoms with E-state index >= 15 is 0 Å². The van der Waals surface area contributed by atoms with Crippen LogP contribution >= 0.6 is 0 Å². The molecule has 18 heavy (non-hydrogen) atoms. The summed E-state index contributed by atoms with van der Waals surface area (Å²) in [5.41, 5.74) is -0.153. The highest BCUT2D eigenvalue weighted by atomic mass is 16.4. The molecule has 6 nitrogen and oxygen atoms in total. The number of hydrogen-bond donors (Lipinski definition) is 2. The summed E-state index contributed by atoms with van der Waals surface area (Å²) in [4.78, 5) is 34.9. The maximum absolute atomic E-state index is 11.7. The van der Waals surface area contributed by atoms with Crippen molar-refractivity contribution in [2.24, 2.45) is 5.41 Å². The third-order valence-electron chi connectivity index (χ3n) is 2.19. The van der Waals surface area contributed by atoms with Crippen LogP contribution in [-0.2, 0) is 14.4 Å². The summed E-state index contributed by atoms with van der Waals surface area (Å²) in [7, 11) is 1.39. The van der Waals surface area contributed by atoms with Crippen LogP contribution in [0.15, 0.2) is 0 Å². The minimum absolute atomic E-state index is 0.153. The Hall–Kier alpha value is -1.59. The molecule has 0 aromatic rings. The Labute approximate surface area is 107 Å². The molecule has 0 aliphatic heterocycles. The van der Waals surface area contributed by atoms with E-state index in [1.54, 1.807) is 6.92 Å². The molecule has 2 N–H and O–H groups in total. The molecular formula is C12H22N2O4. The minimum atomic E-state index is -1.08. The number of likely N-dealkylation sites (N-methyl/N-ethyl adjacent to an activating group) is 1. The van der Waals surface area contributed by atoms with Crippen LogP contribution in [0.5, 0.6) is 0 Å². The Morgan fingerprint density at radius 1 is 1.28 bits per heavy atom. The molecule has 1 unspecified atom stereocenters. The van der Waals surface area contributed by atoms with E-state index in [0.29, 0.717) is 6.42 Å². The summed E-state index contributed by atoms with van der Waals surface area (Å²) in [6, 6.07) is -0.718. The molecule has 6 heteroatoms. The molecule has 0 aromatic heterocycles. The third kappa shape index (κ3) is 6.88. The van der Waals surface area contributed by atoms with Crippen molar-refractivity contribution < 1.29 is 19.5 Å². The molecule has 0 fully saturated rings.